The van der Waals surface area contributed by atoms with E-state index in [2.05, 4.69) is 26.8 Å². The van der Waals surface area contributed by atoms with Crippen molar-refractivity contribution >= 4 is 23.5 Å². The fraction of sp³-hybridized carbons (Fsp3) is 0.667. The highest BCUT2D eigenvalue weighted by Gasteiger charge is 2.18. The molecule has 7 nitrogen and oxygen atoms in total. The summed E-state index contributed by atoms with van der Waals surface area (Å²) in [6.07, 6.45) is 1.78. The Kier molecular flexibility index (Phi) is 5.69. The van der Waals surface area contributed by atoms with Gasteiger partial charge in [0.2, 0.25) is 5.91 Å². The SMILES string of the molecule is CN1CCN(c2ccnc(SCC(=O)N3CCOCC3)n2)CC1. The van der Waals surface area contributed by atoms with E-state index in [1.807, 2.05) is 11.0 Å². The Balaban J connectivity index is 1.54. The average molecular weight is 337 g/mol. The molecule has 2 saturated heterocycles. The van der Waals surface area contributed by atoms with E-state index >= 15 is 0 Å². The number of morpholine rings is 1. The number of aromatic nitrogens is 2. The van der Waals surface area contributed by atoms with Gasteiger partial charge >= 0.3 is 0 Å². The molecule has 0 aliphatic carbocycles. The molecule has 3 heterocycles. The maximum atomic E-state index is 12.2. The average Bonchev–Trinajstić information content (AvgIpc) is 2.61. The van der Waals surface area contributed by atoms with Crippen LogP contribution >= 0.6 is 11.8 Å². The van der Waals surface area contributed by atoms with Gasteiger partial charge in [-0.15, -0.1) is 0 Å². The van der Waals surface area contributed by atoms with Gasteiger partial charge in [0.15, 0.2) is 5.16 Å². The summed E-state index contributed by atoms with van der Waals surface area (Å²) in [6.45, 7) is 6.67. The van der Waals surface area contributed by atoms with Crippen LogP contribution in [-0.2, 0) is 9.53 Å². The standard InChI is InChI=1S/C15H23N5O2S/c1-18-4-6-19(7-5-18)13-2-3-16-15(17-13)23-12-14(21)20-8-10-22-11-9-20/h2-3H,4-12H2,1H3. The number of hydrogen-bond donors (Lipinski definition) is 0. The summed E-state index contributed by atoms with van der Waals surface area (Å²) in [6, 6.07) is 1.94. The quantitative estimate of drug-likeness (QED) is 0.574. The van der Waals surface area contributed by atoms with Gasteiger partial charge in [0.05, 0.1) is 19.0 Å². The molecule has 0 aromatic carbocycles. The van der Waals surface area contributed by atoms with Crippen molar-refractivity contribution in [2.75, 3.05) is 70.2 Å². The summed E-state index contributed by atoms with van der Waals surface area (Å²) in [5, 5.41) is 0.669. The molecule has 0 radical (unpaired) electrons. The van der Waals surface area contributed by atoms with Gasteiger partial charge in [-0.3, -0.25) is 4.79 Å². The molecule has 1 amide bonds. The third-order valence-corrected chi connectivity index (χ3v) is 4.98. The van der Waals surface area contributed by atoms with E-state index in [0.29, 0.717) is 37.2 Å². The number of likely N-dealkylation sites (N-methyl/N-ethyl adjacent to an activating group) is 1. The number of carbonyl (C=O) groups is 1. The maximum Gasteiger partial charge on any atom is 0.233 e. The summed E-state index contributed by atoms with van der Waals surface area (Å²) >= 11 is 1.41. The van der Waals surface area contributed by atoms with Crippen molar-refractivity contribution < 1.29 is 9.53 Å². The molecule has 2 fully saturated rings. The lowest BCUT2D eigenvalue weighted by Gasteiger charge is -2.33. The van der Waals surface area contributed by atoms with Crippen LogP contribution in [0.15, 0.2) is 17.4 Å². The predicted molar refractivity (Wildman–Crippen MR) is 89.9 cm³/mol. The Labute approximate surface area is 141 Å². The van der Waals surface area contributed by atoms with Crippen LogP contribution in [0.2, 0.25) is 0 Å². The number of piperazine rings is 1. The molecule has 2 aliphatic rings. The first-order chi connectivity index (χ1) is 11.2. The summed E-state index contributed by atoms with van der Waals surface area (Å²) in [5.41, 5.74) is 0. The third kappa shape index (κ3) is 4.55. The van der Waals surface area contributed by atoms with Crippen LogP contribution < -0.4 is 4.90 Å². The molecule has 3 rings (SSSR count). The van der Waals surface area contributed by atoms with Crippen LogP contribution in [0.1, 0.15) is 0 Å². The monoisotopic (exact) mass is 337 g/mol. The number of amides is 1. The summed E-state index contributed by atoms with van der Waals surface area (Å²) in [7, 11) is 2.13. The van der Waals surface area contributed by atoms with E-state index in [4.69, 9.17) is 4.74 Å². The van der Waals surface area contributed by atoms with Crippen molar-refractivity contribution in [3.05, 3.63) is 12.3 Å². The Hall–Kier alpha value is -1.38. The highest BCUT2D eigenvalue weighted by Crippen LogP contribution is 2.19. The maximum absolute atomic E-state index is 12.2. The minimum atomic E-state index is 0.131. The van der Waals surface area contributed by atoms with Crippen molar-refractivity contribution in [1.82, 2.24) is 19.8 Å². The molecular weight excluding hydrogens is 314 g/mol. The van der Waals surface area contributed by atoms with Crippen LogP contribution in [0.25, 0.3) is 0 Å². The van der Waals surface area contributed by atoms with E-state index in [9.17, 15) is 4.79 Å². The van der Waals surface area contributed by atoms with Gasteiger partial charge in [-0.05, 0) is 13.1 Å². The lowest BCUT2D eigenvalue weighted by atomic mass is 10.3. The van der Waals surface area contributed by atoms with Gasteiger partial charge < -0.3 is 19.4 Å². The van der Waals surface area contributed by atoms with Crippen molar-refractivity contribution in [1.29, 1.82) is 0 Å². The number of carbonyl (C=O) groups excluding carboxylic acids is 1. The molecule has 0 spiro atoms. The number of nitrogens with zero attached hydrogens (tertiary/aromatic N) is 5. The molecule has 0 atom stereocenters. The van der Waals surface area contributed by atoms with Gasteiger partial charge in [-0.2, -0.15) is 0 Å². The van der Waals surface area contributed by atoms with Gasteiger partial charge in [0.25, 0.3) is 0 Å². The van der Waals surface area contributed by atoms with E-state index < -0.39 is 0 Å². The van der Waals surface area contributed by atoms with Crippen molar-refractivity contribution in [3.8, 4) is 0 Å². The number of hydrogen-bond acceptors (Lipinski definition) is 7. The molecule has 1 aromatic heterocycles. The highest BCUT2D eigenvalue weighted by atomic mass is 32.2. The Morgan fingerprint density at radius 2 is 1.96 bits per heavy atom. The second-order valence-corrected chi connectivity index (χ2v) is 6.71. The third-order valence-electron chi connectivity index (χ3n) is 4.13. The summed E-state index contributed by atoms with van der Waals surface area (Å²) < 4.78 is 5.27. The molecule has 1 aromatic rings. The Morgan fingerprint density at radius 1 is 1.22 bits per heavy atom. The number of ether oxygens (including phenoxy) is 1. The van der Waals surface area contributed by atoms with Crippen LogP contribution in [0.4, 0.5) is 5.82 Å². The first kappa shape index (κ1) is 16.5. The lowest BCUT2D eigenvalue weighted by molar-refractivity contribution is -0.132. The molecule has 0 unspecified atom stereocenters. The number of anilines is 1. The minimum Gasteiger partial charge on any atom is -0.378 e. The second-order valence-electron chi connectivity index (χ2n) is 5.77. The zero-order valence-electron chi connectivity index (χ0n) is 13.5. The van der Waals surface area contributed by atoms with Crippen LogP contribution in [-0.4, -0.2) is 91.0 Å². The fourth-order valence-corrected chi connectivity index (χ4v) is 3.37. The van der Waals surface area contributed by atoms with E-state index in [1.54, 1.807) is 6.20 Å². The molecule has 0 saturated carbocycles. The van der Waals surface area contributed by atoms with E-state index in [0.717, 1.165) is 32.0 Å². The van der Waals surface area contributed by atoms with Gasteiger partial charge in [0, 0.05) is 45.5 Å². The molecule has 23 heavy (non-hydrogen) atoms. The molecule has 126 valence electrons. The summed E-state index contributed by atoms with van der Waals surface area (Å²) in [5.74, 6) is 1.47. The zero-order chi connectivity index (χ0) is 16.1. The van der Waals surface area contributed by atoms with Gasteiger partial charge in [0.1, 0.15) is 5.82 Å². The van der Waals surface area contributed by atoms with E-state index in [-0.39, 0.29) is 5.91 Å². The van der Waals surface area contributed by atoms with Crippen molar-refractivity contribution in [3.63, 3.8) is 0 Å². The smallest absolute Gasteiger partial charge is 0.233 e. The fourth-order valence-electron chi connectivity index (χ4n) is 2.64. The predicted octanol–water partition coefficient (Wildman–Crippen LogP) is 0.179. The Morgan fingerprint density at radius 3 is 2.70 bits per heavy atom. The topological polar surface area (TPSA) is 61.8 Å². The van der Waals surface area contributed by atoms with Crippen LogP contribution in [0.3, 0.4) is 0 Å². The lowest BCUT2D eigenvalue weighted by Crippen LogP contribution is -2.44. The van der Waals surface area contributed by atoms with Gasteiger partial charge in [-0.25, -0.2) is 9.97 Å². The largest absolute Gasteiger partial charge is 0.378 e. The molecule has 0 bridgehead atoms. The van der Waals surface area contributed by atoms with Crippen molar-refractivity contribution in [2.45, 2.75) is 5.16 Å². The summed E-state index contributed by atoms with van der Waals surface area (Å²) in [4.78, 5) is 27.5. The zero-order valence-corrected chi connectivity index (χ0v) is 14.3. The molecule has 0 N–H and O–H groups in total. The second kappa shape index (κ2) is 7.94. The highest BCUT2D eigenvalue weighted by molar-refractivity contribution is 7.99. The first-order valence-electron chi connectivity index (χ1n) is 7.97. The number of rotatable bonds is 4. The minimum absolute atomic E-state index is 0.131. The van der Waals surface area contributed by atoms with Crippen LogP contribution in [0, 0.1) is 0 Å². The van der Waals surface area contributed by atoms with Crippen LogP contribution in [0.5, 0.6) is 0 Å². The molecule has 2 aliphatic heterocycles. The van der Waals surface area contributed by atoms with Crippen molar-refractivity contribution in [2.24, 2.45) is 0 Å². The first-order valence-corrected chi connectivity index (χ1v) is 8.96. The molecule has 8 heteroatoms. The normalized spacial score (nSPS) is 19.9. The van der Waals surface area contributed by atoms with E-state index in [1.165, 1.54) is 11.8 Å². The van der Waals surface area contributed by atoms with Gasteiger partial charge in [-0.1, -0.05) is 11.8 Å². The molecular formula is C15H23N5O2S. The number of thioether (sulfide) groups is 1. The Bertz CT molecular complexity index is 530.